The Hall–Kier alpha value is -0.780. The fourth-order valence-electron chi connectivity index (χ4n) is 1.70. The van der Waals surface area contributed by atoms with Gasteiger partial charge in [-0.3, -0.25) is 0 Å². The standard InChI is InChI=1S/C14H21/c1-5-6-7-13-8-12(4)9-14(10-13)11(2)3/h8-11H,2,5-7H2,1,3-4H3. The third-order valence-corrected chi connectivity index (χ3v) is 2.55. The molecule has 0 nitrogen and oxygen atoms in total. The Morgan fingerprint density at radius 2 is 2.00 bits per heavy atom. The SMILES string of the molecule is [CH2]C(C)c1cc(C)cc(CCCC)c1. The van der Waals surface area contributed by atoms with Gasteiger partial charge in [0.2, 0.25) is 0 Å². The zero-order chi connectivity index (χ0) is 10.6. The van der Waals surface area contributed by atoms with Crippen molar-refractivity contribution < 1.29 is 0 Å². The second kappa shape index (κ2) is 5.19. The van der Waals surface area contributed by atoms with Crippen molar-refractivity contribution in [3.8, 4) is 0 Å². The highest BCUT2D eigenvalue weighted by Crippen LogP contribution is 2.19. The molecule has 0 bridgehead atoms. The van der Waals surface area contributed by atoms with E-state index in [2.05, 4.69) is 45.9 Å². The summed E-state index contributed by atoms with van der Waals surface area (Å²) in [6, 6.07) is 6.84. The number of benzene rings is 1. The molecule has 0 saturated carbocycles. The van der Waals surface area contributed by atoms with Crippen LogP contribution in [0.15, 0.2) is 18.2 Å². The summed E-state index contributed by atoms with van der Waals surface area (Å²) >= 11 is 0. The molecule has 1 unspecified atom stereocenters. The van der Waals surface area contributed by atoms with Crippen LogP contribution in [0, 0.1) is 13.8 Å². The molecule has 0 N–H and O–H groups in total. The molecular formula is C14H21. The van der Waals surface area contributed by atoms with Crippen molar-refractivity contribution in [2.24, 2.45) is 0 Å². The van der Waals surface area contributed by atoms with Gasteiger partial charge in [-0.25, -0.2) is 0 Å². The van der Waals surface area contributed by atoms with E-state index in [1.807, 2.05) is 0 Å². The maximum Gasteiger partial charge on any atom is -0.0190 e. The topological polar surface area (TPSA) is 0 Å². The van der Waals surface area contributed by atoms with Gasteiger partial charge in [-0.05, 0) is 43.7 Å². The van der Waals surface area contributed by atoms with Gasteiger partial charge in [0.05, 0.1) is 0 Å². The fourth-order valence-corrected chi connectivity index (χ4v) is 1.70. The summed E-state index contributed by atoms with van der Waals surface area (Å²) in [4.78, 5) is 0. The zero-order valence-electron chi connectivity index (χ0n) is 9.64. The quantitative estimate of drug-likeness (QED) is 0.663. The molecule has 0 saturated heterocycles. The Morgan fingerprint density at radius 1 is 1.29 bits per heavy atom. The van der Waals surface area contributed by atoms with Crippen LogP contribution in [0.25, 0.3) is 0 Å². The molecule has 0 fully saturated rings. The highest BCUT2D eigenvalue weighted by Gasteiger charge is 2.02. The van der Waals surface area contributed by atoms with Gasteiger partial charge < -0.3 is 0 Å². The molecule has 0 amide bonds. The average Bonchev–Trinajstić information content (AvgIpc) is 2.14. The number of hydrogen-bond donors (Lipinski definition) is 0. The molecule has 1 radical (unpaired) electrons. The molecule has 14 heavy (non-hydrogen) atoms. The van der Waals surface area contributed by atoms with E-state index in [4.69, 9.17) is 0 Å². The lowest BCUT2D eigenvalue weighted by molar-refractivity contribution is 0.791. The molecule has 0 aliphatic rings. The van der Waals surface area contributed by atoms with Gasteiger partial charge in [0.15, 0.2) is 0 Å². The van der Waals surface area contributed by atoms with Gasteiger partial charge in [0.1, 0.15) is 0 Å². The highest BCUT2D eigenvalue weighted by atomic mass is 14.1. The lowest BCUT2D eigenvalue weighted by Crippen LogP contribution is -1.93. The van der Waals surface area contributed by atoms with E-state index in [0.717, 1.165) is 0 Å². The Morgan fingerprint density at radius 3 is 2.57 bits per heavy atom. The first kappa shape index (κ1) is 11.3. The van der Waals surface area contributed by atoms with Crippen molar-refractivity contribution in [3.05, 3.63) is 41.8 Å². The maximum absolute atomic E-state index is 4.07. The molecule has 0 heterocycles. The molecule has 1 atom stereocenters. The molecule has 1 rings (SSSR count). The minimum absolute atomic E-state index is 0.398. The van der Waals surface area contributed by atoms with Crippen molar-refractivity contribution >= 4 is 0 Å². The smallest absolute Gasteiger partial charge is 0.0190 e. The number of aryl methyl sites for hydroxylation is 2. The van der Waals surface area contributed by atoms with Gasteiger partial charge >= 0.3 is 0 Å². The summed E-state index contributed by atoms with van der Waals surface area (Å²) in [6.45, 7) is 10.6. The molecule has 0 aliphatic carbocycles. The molecule has 0 spiro atoms. The molecule has 1 aromatic carbocycles. The van der Waals surface area contributed by atoms with Crippen LogP contribution in [0.5, 0.6) is 0 Å². The predicted octanol–water partition coefficient (Wildman–Crippen LogP) is 4.28. The summed E-state index contributed by atoms with van der Waals surface area (Å²) < 4.78 is 0. The van der Waals surface area contributed by atoms with Crippen molar-refractivity contribution in [2.45, 2.75) is 46.0 Å². The Balaban J connectivity index is 2.84. The summed E-state index contributed by atoms with van der Waals surface area (Å²) in [6.07, 6.45) is 3.76. The largest absolute Gasteiger partial charge is 0.0654 e. The Bertz CT molecular complexity index is 284. The van der Waals surface area contributed by atoms with Crippen LogP contribution in [0.3, 0.4) is 0 Å². The minimum Gasteiger partial charge on any atom is -0.0654 e. The number of unbranched alkanes of at least 4 members (excludes halogenated alkanes) is 1. The van der Waals surface area contributed by atoms with Crippen molar-refractivity contribution in [3.63, 3.8) is 0 Å². The van der Waals surface area contributed by atoms with Crippen LogP contribution in [0.2, 0.25) is 0 Å². The first-order valence-corrected chi connectivity index (χ1v) is 5.57. The number of hydrogen-bond acceptors (Lipinski definition) is 0. The van der Waals surface area contributed by atoms with Crippen molar-refractivity contribution in [1.82, 2.24) is 0 Å². The molecule has 0 aromatic heterocycles. The van der Waals surface area contributed by atoms with Gasteiger partial charge in [-0.2, -0.15) is 0 Å². The van der Waals surface area contributed by atoms with Crippen LogP contribution in [-0.2, 0) is 6.42 Å². The van der Waals surface area contributed by atoms with Crippen molar-refractivity contribution in [2.75, 3.05) is 0 Å². The van der Waals surface area contributed by atoms with Gasteiger partial charge in [0.25, 0.3) is 0 Å². The third kappa shape index (κ3) is 3.17. The summed E-state index contributed by atoms with van der Waals surface area (Å²) in [5, 5.41) is 0. The zero-order valence-corrected chi connectivity index (χ0v) is 9.64. The monoisotopic (exact) mass is 189 g/mol. The maximum atomic E-state index is 4.07. The van der Waals surface area contributed by atoms with Crippen LogP contribution < -0.4 is 0 Å². The molecular weight excluding hydrogens is 168 g/mol. The molecule has 0 aliphatic heterocycles. The van der Waals surface area contributed by atoms with E-state index >= 15 is 0 Å². The van der Waals surface area contributed by atoms with Crippen molar-refractivity contribution in [1.29, 1.82) is 0 Å². The average molecular weight is 189 g/mol. The van der Waals surface area contributed by atoms with E-state index in [0.29, 0.717) is 5.92 Å². The van der Waals surface area contributed by atoms with Gasteiger partial charge in [-0.1, -0.05) is 44.0 Å². The van der Waals surface area contributed by atoms with E-state index < -0.39 is 0 Å². The molecule has 0 heteroatoms. The Labute approximate surface area is 88.4 Å². The van der Waals surface area contributed by atoms with E-state index in [-0.39, 0.29) is 0 Å². The molecule has 1 aromatic rings. The van der Waals surface area contributed by atoms with Crippen LogP contribution in [0.4, 0.5) is 0 Å². The molecule has 77 valence electrons. The second-order valence-corrected chi connectivity index (χ2v) is 4.26. The minimum atomic E-state index is 0.398. The van der Waals surface area contributed by atoms with Crippen LogP contribution in [0.1, 0.15) is 49.3 Å². The van der Waals surface area contributed by atoms with Gasteiger partial charge in [-0.15, -0.1) is 0 Å². The normalized spacial score (nSPS) is 10.9. The third-order valence-electron chi connectivity index (χ3n) is 2.55. The predicted molar refractivity (Wildman–Crippen MR) is 63.6 cm³/mol. The summed E-state index contributed by atoms with van der Waals surface area (Å²) in [5.41, 5.74) is 4.21. The van der Waals surface area contributed by atoms with E-state index in [9.17, 15) is 0 Å². The number of rotatable bonds is 4. The van der Waals surface area contributed by atoms with Crippen LogP contribution >= 0.6 is 0 Å². The first-order chi connectivity index (χ1) is 6.63. The summed E-state index contributed by atoms with van der Waals surface area (Å²) in [5.74, 6) is 0.398. The fraction of sp³-hybridized carbons (Fsp3) is 0.500. The Kier molecular flexibility index (Phi) is 4.19. The lowest BCUT2D eigenvalue weighted by atomic mass is 9.96. The lowest BCUT2D eigenvalue weighted by Gasteiger charge is -2.09. The highest BCUT2D eigenvalue weighted by molar-refractivity contribution is 5.32. The summed E-state index contributed by atoms with van der Waals surface area (Å²) in [7, 11) is 0. The van der Waals surface area contributed by atoms with E-state index in [1.54, 1.807) is 0 Å². The second-order valence-electron chi connectivity index (χ2n) is 4.26. The first-order valence-electron chi connectivity index (χ1n) is 5.57. The van der Waals surface area contributed by atoms with Gasteiger partial charge in [0, 0.05) is 0 Å². The van der Waals surface area contributed by atoms with Crippen LogP contribution in [-0.4, -0.2) is 0 Å². The van der Waals surface area contributed by atoms with E-state index in [1.165, 1.54) is 36.0 Å².